The first kappa shape index (κ1) is 14.0. The van der Waals surface area contributed by atoms with Crippen molar-refractivity contribution in [2.75, 3.05) is 25.1 Å². The molecular formula is C12H16N2O4. The third kappa shape index (κ3) is 5.86. The lowest BCUT2D eigenvalue weighted by Gasteiger charge is -2.08. The van der Waals surface area contributed by atoms with E-state index in [2.05, 4.69) is 10.6 Å². The number of carboxylic acid groups (broad SMARTS) is 1. The summed E-state index contributed by atoms with van der Waals surface area (Å²) in [7, 11) is 0. The molecule has 3 N–H and O–H groups in total. The van der Waals surface area contributed by atoms with Crippen molar-refractivity contribution in [1.29, 1.82) is 0 Å². The van der Waals surface area contributed by atoms with Crippen LogP contribution in [0.5, 0.6) is 0 Å². The van der Waals surface area contributed by atoms with Gasteiger partial charge in [-0.15, -0.1) is 0 Å². The van der Waals surface area contributed by atoms with Crippen LogP contribution in [0.4, 0.5) is 10.5 Å². The standard InChI is InChI=1S/C12H16N2O4/c1-9-3-2-4-10(7-9)14-12(17)13-5-6-18-8-11(15)16/h2-4,7H,5-6,8H2,1H3,(H,15,16)(H2,13,14,17). The lowest BCUT2D eigenvalue weighted by Crippen LogP contribution is -2.31. The smallest absolute Gasteiger partial charge is 0.329 e. The number of hydrogen-bond acceptors (Lipinski definition) is 3. The summed E-state index contributed by atoms with van der Waals surface area (Å²) in [6.07, 6.45) is 0. The minimum Gasteiger partial charge on any atom is -0.480 e. The van der Waals surface area contributed by atoms with E-state index in [4.69, 9.17) is 9.84 Å². The van der Waals surface area contributed by atoms with Crippen LogP contribution < -0.4 is 10.6 Å². The summed E-state index contributed by atoms with van der Waals surface area (Å²) in [6, 6.07) is 7.07. The number of hydrogen-bond donors (Lipinski definition) is 3. The van der Waals surface area contributed by atoms with Crippen molar-refractivity contribution < 1.29 is 19.4 Å². The van der Waals surface area contributed by atoms with Crippen LogP contribution in [0.2, 0.25) is 0 Å². The number of carboxylic acids is 1. The fraction of sp³-hybridized carbons (Fsp3) is 0.333. The number of benzene rings is 1. The van der Waals surface area contributed by atoms with Crippen molar-refractivity contribution in [3.63, 3.8) is 0 Å². The number of aryl methyl sites for hydroxylation is 1. The maximum atomic E-state index is 11.4. The predicted octanol–water partition coefficient (Wildman–Crippen LogP) is 1.22. The van der Waals surface area contributed by atoms with E-state index in [0.29, 0.717) is 5.69 Å². The van der Waals surface area contributed by atoms with Gasteiger partial charge in [-0.05, 0) is 24.6 Å². The summed E-state index contributed by atoms with van der Waals surface area (Å²) in [5.41, 5.74) is 1.76. The molecule has 0 spiro atoms. The Hall–Kier alpha value is -2.08. The number of aliphatic carboxylic acids is 1. The Bertz CT molecular complexity index is 420. The lowest BCUT2D eigenvalue weighted by atomic mass is 10.2. The molecule has 0 heterocycles. The fourth-order valence-electron chi connectivity index (χ4n) is 1.29. The molecule has 0 saturated carbocycles. The summed E-state index contributed by atoms with van der Waals surface area (Å²) >= 11 is 0. The molecule has 6 nitrogen and oxygen atoms in total. The maximum Gasteiger partial charge on any atom is 0.329 e. The third-order valence-corrected chi connectivity index (χ3v) is 2.03. The first-order valence-electron chi connectivity index (χ1n) is 5.49. The zero-order valence-corrected chi connectivity index (χ0v) is 10.1. The molecule has 2 amide bonds. The molecule has 0 fully saturated rings. The number of carbonyl (C=O) groups excluding carboxylic acids is 1. The van der Waals surface area contributed by atoms with Crippen LogP contribution >= 0.6 is 0 Å². The molecule has 1 rings (SSSR count). The second kappa shape index (κ2) is 7.29. The largest absolute Gasteiger partial charge is 0.480 e. The molecule has 0 unspecified atom stereocenters. The summed E-state index contributed by atoms with van der Waals surface area (Å²) in [5, 5.41) is 13.5. The Kier molecular flexibility index (Phi) is 5.66. The topological polar surface area (TPSA) is 87.7 Å². The lowest BCUT2D eigenvalue weighted by molar-refractivity contribution is -0.142. The predicted molar refractivity (Wildman–Crippen MR) is 66.7 cm³/mol. The summed E-state index contributed by atoms with van der Waals surface area (Å²) in [5.74, 6) is -1.03. The molecular weight excluding hydrogens is 236 g/mol. The van der Waals surface area contributed by atoms with E-state index in [-0.39, 0.29) is 25.8 Å². The molecule has 18 heavy (non-hydrogen) atoms. The minimum absolute atomic E-state index is 0.160. The molecule has 0 aromatic heterocycles. The van der Waals surface area contributed by atoms with Crippen LogP contribution in [0.15, 0.2) is 24.3 Å². The first-order valence-corrected chi connectivity index (χ1v) is 5.49. The van der Waals surface area contributed by atoms with Gasteiger partial charge in [-0.3, -0.25) is 0 Å². The van der Waals surface area contributed by atoms with E-state index in [0.717, 1.165) is 5.56 Å². The van der Waals surface area contributed by atoms with Crippen LogP contribution in [0.1, 0.15) is 5.56 Å². The van der Waals surface area contributed by atoms with Crippen LogP contribution in [-0.2, 0) is 9.53 Å². The van der Waals surface area contributed by atoms with Crippen molar-refractivity contribution >= 4 is 17.7 Å². The average Bonchev–Trinajstić information content (AvgIpc) is 2.28. The van der Waals surface area contributed by atoms with Gasteiger partial charge >= 0.3 is 12.0 Å². The second-order valence-corrected chi connectivity index (χ2v) is 3.70. The molecule has 0 bridgehead atoms. The van der Waals surface area contributed by atoms with Gasteiger partial charge in [0, 0.05) is 12.2 Å². The van der Waals surface area contributed by atoms with Crippen molar-refractivity contribution in [3.8, 4) is 0 Å². The van der Waals surface area contributed by atoms with Crippen molar-refractivity contribution in [2.24, 2.45) is 0 Å². The van der Waals surface area contributed by atoms with E-state index >= 15 is 0 Å². The molecule has 0 aliphatic carbocycles. The summed E-state index contributed by atoms with van der Waals surface area (Å²) in [4.78, 5) is 21.6. The van der Waals surface area contributed by atoms with Crippen molar-refractivity contribution in [1.82, 2.24) is 5.32 Å². The second-order valence-electron chi connectivity index (χ2n) is 3.70. The monoisotopic (exact) mass is 252 g/mol. The molecule has 1 aromatic carbocycles. The van der Waals surface area contributed by atoms with Gasteiger partial charge in [0.05, 0.1) is 6.61 Å². The van der Waals surface area contributed by atoms with Gasteiger partial charge in [0.2, 0.25) is 0 Å². The van der Waals surface area contributed by atoms with Gasteiger partial charge in [-0.25, -0.2) is 9.59 Å². The quantitative estimate of drug-likeness (QED) is 0.664. The third-order valence-electron chi connectivity index (χ3n) is 2.03. The average molecular weight is 252 g/mol. The molecule has 0 aliphatic heterocycles. The number of ether oxygens (including phenoxy) is 1. The Labute approximate surface area is 105 Å². The Balaban J connectivity index is 2.20. The van der Waals surface area contributed by atoms with Crippen LogP contribution in [0.3, 0.4) is 0 Å². The Morgan fingerprint density at radius 2 is 2.17 bits per heavy atom. The van der Waals surface area contributed by atoms with Crippen LogP contribution in [-0.4, -0.2) is 36.9 Å². The van der Waals surface area contributed by atoms with Crippen LogP contribution in [0, 0.1) is 6.92 Å². The summed E-state index contributed by atoms with van der Waals surface area (Å²) < 4.78 is 4.77. The van der Waals surface area contributed by atoms with Gasteiger partial charge in [-0.1, -0.05) is 12.1 Å². The fourth-order valence-corrected chi connectivity index (χ4v) is 1.29. The number of amides is 2. The maximum absolute atomic E-state index is 11.4. The highest BCUT2D eigenvalue weighted by atomic mass is 16.5. The molecule has 6 heteroatoms. The molecule has 0 saturated heterocycles. The van der Waals surface area contributed by atoms with Gasteiger partial charge in [0.25, 0.3) is 0 Å². The zero-order chi connectivity index (χ0) is 13.4. The normalized spacial score (nSPS) is 9.83. The van der Waals surface area contributed by atoms with E-state index in [1.807, 2.05) is 25.1 Å². The van der Waals surface area contributed by atoms with E-state index < -0.39 is 5.97 Å². The summed E-state index contributed by atoms with van der Waals surface area (Å²) in [6.45, 7) is 1.99. The van der Waals surface area contributed by atoms with E-state index in [9.17, 15) is 9.59 Å². The number of urea groups is 1. The Morgan fingerprint density at radius 3 is 2.83 bits per heavy atom. The number of anilines is 1. The molecule has 1 aromatic rings. The van der Waals surface area contributed by atoms with Gasteiger partial charge in [-0.2, -0.15) is 0 Å². The van der Waals surface area contributed by atoms with Crippen LogP contribution in [0.25, 0.3) is 0 Å². The van der Waals surface area contributed by atoms with E-state index in [1.54, 1.807) is 6.07 Å². The number of nitrogens with one attached hydrogen (secondary N) is 2. The van der Waals surface area contributed by atoms with Crippen molar-refractivity contribution in [2.45, 2.75) is 6.92 Å². The highest BCUT2D eigenvalue weighted by Crippen LogP contribution is 2.08. The number of rotatable bonds is 6. The van der Waals surface area contributed by atoms with Gasteiger partial charge in [0.15, 0.2) is 0 Å². The van der Waals surface area contributed by atoms with E-state index in [1.165, 1.54) is 0 Å². The van der Waals surface area contributed by atoms with Gasteiger partial charge < -0.3 is 20.5 Å². The first-order chi connectivity index (χ1) is 8.58. The minimum atomic E-state index is -1.03. The number of carbonyl (C=O) groups is 2. The SMILES string of the molecule is Cc1cccc(NC(=O)NCCOCC(=O)O)c1. The highest BCUT2D eigenvalue weighted by Gasteiger charge is 2.01. The molecule has 0 aliphatic rings. The Morgan fingerprint density at radius 1 is 1.39 bits per heavy atom. The highest BCUT2D eigenvalue weighted by molar-refractivity contribution is 5.89. The van der Waals surface area contributed by atoms with Gasteiger partial charge in [0.1, 0.15) is 6.61 Å². The van der Waals surface area contributed by atoms with Crippen molar-refractivity contribution in [3.05, 3.63) is 29.8 Å². The molecule has 98 valence electrons. The molecule has 0 atom stereocenters. The zero-order valence-electron chi connectivity index (χ0n) is 10.1. The molecule has 0 radical (unpaired) electrons.